The summed E-state index contributed by atoms with van der Waals surface area (Å²) in [6.45, 7) is 1.06. The Morgan fingerprint density at radius 3 is 2.72 bits per heavy atom. The lowest BCUT2D eigenvalue weighted by Crippen LogP contribution is -2.26. The number of fused-ring (bicyclic) bond motifs is 1. The highest BCUT2D eigenvalue weighted by molar-refractivity contribution is 5.99. The number of amides is 1. The molecule has 0 unspecified atom stereocenters. The molecule has 4 aromatic rings. The number of carbonyl (C=O) groups excluding carboxylic acids is 1. The molecule has 4 rings (SSSR count). The van der Waals surface area contributed by atoms with Gasteiger partial charge in [0.25, 0.3) is 5.91 Å². The number of benzene rings is 2. The largest absolute Gasteiger partial charge is 0.380 e. The quantitative estimate of drug-likeness (QED) is 0.442. The highest BCUT2D eigenvalue weighted by Crippen LogP contribution is 2.21. The third-order valence-electron chi connectivity index (χ3n) is 4.83. The van der Waals surface area contributed by atoms with E-state index in [1.165, 1.54) is 6.07 Å². The number of aromatic nitrogens is 2. The van der Waals surface area contributed by atoms with E-state index in [4.69, 9.17) is 0 Å². The standard InChI is InChI=1S/C23H21FN4O/c24-20-6-3-5-18-17(15-28-22(18)20)10-13-26-23(29)19-4-1-2-7-21(19)27-14-16-8-11-25-12-9-16/h1-9,11-12,15,27-28H,10,13-14H2,(H,26,29). The van der Waals surface area contributed by atoms with Crippen LogP contribution in [0.5, 0.6) is 0 Å². The van der Waals surface area contributed by atoms with Crippen LogP contribution in [-0.2, 0) is 13.0 Å². The molecule has 29 heavy (non-hydrogen) atoms. The van der Waals surface area contributed by atoms with E-state index < -0.39 is 0 Å². The zero-order valence-electron chi connectivity index (χ0n) is 15.8. The molecule has 1 amide bonds. The maximum Gasteiger partial charge on any atom is 0.253 e. The fourth-order valence-corrected chi connectivity index (χ4v) is 3.32. The van der Waals surface area contributed by atoms with Gasteiger partial charge in [0, 0.05) is 42.8 Å². The Kier molecular flexibility index (Phi) is 5.52. The molecule has 0 spiro atoms. The number of H-pyrrole nitrogens is 1. The van der Waals surface area contributed by atoms with Gasteiger partial charge in [0.2, 0.25) is 0 Å². The van der Waals surface area contributed by atoms with Crippen molar-refractivity contribution in [2.75, 3.05) is 11.9 Å². The fraction of sp³-hybridized carbons (Fsp3) is 0.130. The number of halogens is 1. The van der Waals surface area contributed by atoms with E-state index in [0.717, 1.165) is 22.2 Å². The van der Waals surface area contributed by atoms with Crippen LogP contribution in [0.3, 0.4) is 0 Å². The fourth-order valence-electron chi connectivity index (χ4n) is 3.32. The van der Waals surface area contributed by atoms with Gasteiger partial charge < -0.3 is 15.6 Å². The van der Waals surface area contributed by atoms with E-state index in [-0.39, 0.29) is 11.7 Å². The molecule has 0 aliphatic heterocycles. The van der Waals surface area contributed by atoms with Crippen molar-refractivity contribution in [3.05, 3.63) is 95.7 Å². The van der Waals surface area contributed by atoms with Gasteiger partial charge in [0.05, 0.1) is 11.1 Å². The lowest BCUT2D eigenvalue weighted by Gasteiger charge is -2.12. The molecule has 0 saturated heterocycles. The summed E-state index contributed by atoms with van der Waals surface area (Å²) >= 11 is 0. The minimum absolute atomic E-state index is 0.145. The van der Waals surface area contributed by atoms with Crippen LogP contribution in [0.2, 0.25) is 0 Å². The van der Waals surface area contributed by atoms with Crippen molar-refractivity contribution in [3.63, 3.8) is 0 Å². The Bertz CT molecular complexity index is 1120. The lowest BCUT2D eigenvalue weighted by molar-refractivity contribution is 0.0955. The first-order chi connectivity index (χ1) is 14.2. The Labute approximate surface area is 168 Å². The van der Waals surface area contributed by atoms with Crippen LogP contribution in [0.4, 0.5) is 10.1 Å². The molecule has 2 aromatic heterocycles. The molecule has 5 nitrogen and oxygen atoms in total. The highest BCUT2D eigenvalue weighted by Gasteiger charge is 2.12. The van der Waals surface area contributed by atoms with E-state index in [2.05, 4.69) is 20.6 Å². The molecule has 0 aliphatic rings. The second kappa shape index (κ2) is 8.56. The first-order valence-corrected chi connectivity index (χ1v) is 9.47. The zero-order chi connectivity index (χ0) is 20.1. The normalized spacial score (nSPS) is 10.8. The SMILES string of the molecule is O=C(NCCc1c[nH]c2c(F)cccc12)c1ccccc1NCc1ccncc1. The first-order valence-electron chi connectivity index (χ1n) is 9.47. The van der Waals surface area contributed by atoms with E-state index in [0.29, 0.717) is 30.6 Å². The Morgan fingerprint density at radius 2 is 1.86 bits per heavy atom. The average Bonchev–Trinajstić information content (AvgIpc) is 3.17. The van der Waals surface area contributed by atoms with Crippen LogP contribution in [0.15, 0.2) is 73.2 Å². The molecule has 2 heterocycles. The predicted octanol–water partition coefficient (Wildman–Crippen LogP) is 4.29. The van der Waals surface area contributed by atoms with Gasteiger partial charge in [0.1, 0.15) is 5.82 Å². The van der Waals surface area contributed by atoms with Crippen molar-refractivity contribution in [2.24, 2.45) is 0 Å². The number of aromatic amines is 1. The third kappa shape index (κ3) is 4.27. The molecule has 3 N–H and O–H groups in total. The van der Waals surface area contributed by atoms with E-state index in [1.807, 2.05) is 36.4 Å². The maximum atomic E-state index is 13.8. The maximum absolute atomic E-state index is 13.8. The molecule has 0 aliphatic carbocycles. The number of nitrogens with zero attached hydrogens (tertiary/aromatic N) is 1. The molecule has 0 atom stereocenters. The third-order valence-corrected chi connectivity index (χ3v) is 4.83. The highest BCUT2D eigenvalue weighted by atomic mass is 19.1. The van der Waals surface area contributed by atoms with Crippen LogP contribution in [0.25, 0.3) is 10.9 Å². The number of para-hydroxylation sites is 2. The topological polar surface area (TPSA) is 69.8 Å². The Morgan fingerprint density at radius 1 is 1.03 bits per heavy atom. The molecular weight excluding hydrogens is 367 g/mol. The molecule has 2 aromatic carbocycles. The minimum Gasteiger partial charge on any atom is -0.380 e. The molecule has 0 bridgehead atoms. The lowest BCUT2D eigenvalue weighted by atomic mass is 10.1. The van der Waals surface area contributed by atoms with Crippen molar-refractivity contribution in [1.82, 2.24) is 15.3 Å². The summed E-state index contributed by atoms with van der Waals surface area (Å²) in [4.78, 5) is 19.7. The zero-order valence-corrected chi connectivity index (χ0v) is 15.8. The van der Waals surface area contributed by atoms with Crippen molar-refractivity contribution >= 4 is 22.5 Å². The van der Waals surface area contributed by atoms with Gasteiger partial charge in [-0.3, -0.25) is 9.78 Å². The first kappa shape index (κ1) is 18.7. The minimum atomic E-state index is -0.271. The number of hydrogen-bond acceptors (Lipinski definition) is 3. The second-order valence-electron chi connectivity index (χ2n) is 6.74. The van der Waals surface area contributed by atoms with Gasteiger partial charge in [0.15, 0.2) is 0 Å². The van der Waals surface area contributed by atoms with Crippen LogP contribution < -0.4 is 10.6 Å². The van der Waals surface area contributed by atoms with Gasteiger partial charge in [-0.15, -0.1) is 0 Å². The van der Waals surface area contributed by atoms with Gasteiger partial charge >= 0.3 is 0 Å². The van der Waals surface area contributed by atoms with Gasteiger partial charge in [-0.1, -0.05) is 24.3 Å². The van der Waals surface area contributed by atoms with Crippen LogP contribution in [0.1, 0.15) is 21.5 Å². The van der Waals surface area contributed by atoms with E-state index >= 15 is 0 Å². The van der Waals surface area contributed by atoms with Crippen molar-refractivity contribution < 1.29 is 9.18 Å². The van der Waals surface area contributed by atoms with Crippen LogP contribution in [-0.4, -0.2) is 22.4 Å². The summed E-state index contributed by atoms with van der Waals surface area (Å²) in [6.07, 6.45) is 5.89. The van der Waals surface area contributed by atoms with Gasteiger partial charge in [-0.25, -0.2) is 4.39 Å². The summed E-state index contributed by atoms with van der Waals surface area (Å²) in [6, 6.07) is 16.3. The van der Waals surface area contributed by atoms with Gasteiger partial charge in [-0.2, -0.15) is 0 Å². The Hall–Kier alpha value is -3.67. The number of pyridine rings is 1. The summed E-state index contributed by atoms with van der Waals surface area (Å²) in [5.74, 6) is -0.416. The summed E-state index contributed by atoms with van der Waals surface area (Å²) in [7, 11) is 0. The molecule has 0 saturated carbocycles. The Balaban J connectivity index is 1.39. The van der Waals surface area contributed by atoms with Crippen LogP contribution >= 0.6 is 0 Å². The van der Waals surface area contributed by atoms with E-state index in [9.17, 15) is 9.18 Å². The van der Waals surface area contributed by atoms with Crippen molar-refractivity contribution in [2.45, 2.75) is 13.0 Å². The summed E-state index contributed by atoms with van der Waals surface area (Å²) in [5.41, 5.74) is 3.92. The average molecular weight is 388 g/mol. The number of rotatable bonds is 7. The number of anilines is 1. The van der Waals surface area contributed by atoms with Crippen molar-refractivity contribution in [1.29, 1.82) is 0 Å². The molecule has 0 radical (unpaired) electrons. The molecular formula is C23H21FN4O. The van der Waals surface area contributed by atoms with Gasteiger partial charge in [-0.05, 0) is 47.9 Å². The number of nitrogens with one attached hydrogen (secondary N) is 3. The molecule has 146 valence electrons. The van der Waals surface area contributed by atoms with E-state index in [1.54, 1.807) is 30.7 Å². The van der Waals surface area contributed by atoms with Crippen molar-refractivity contribution in [3.8, 4) is 0 Å². The monoisotopic (exact) mass is 388 g/mol. The predicted molar refractivity (Wildman–Crippen MR) is 112 cm³/mol. The molecule has 6 heteroatoms. The number of carbonyl (C=O) groups is 1. The number of hydrogen-bond donors (Lipinski definition) is 3. The second-order valence-corrected chi connectivity index (χ2v) is 6.74. The smallest absolute Gasteiger partial charge is 0.253 e. The summed E-state index contributed by atoms with van der Waals surface area (Å²) in [5, 5.41) is 7.11. The summed E-state index contributed by atoms with van der Waals surface area (Å²) < 4.78 is 13.8. The molecule has 0 fully saturated rings. The van der Waals surface area contributed by atoms with Crippen LogP contribution in [0, 0.1) is 5.82 Å².